The van der Waals surface area contributed by atoms with Crippen LogP contribution in [0.5, 0.6) is 0 Å². The van der Waals surface area contributed by atoms with Crippen molar-refractivity contribution in [2.24, 2.45) is 0 Å². The summed E-state index contributed by atoms with van der Waals surface area (Å²) in [5.41, 5.74) is 4.40. The predicted molar refractivity (Wildman–Crippen MR) is 123 cm³/mol. The van der Waals surface area contributed by atoms with Crippen LogP contribution in [0.3, 0.4) is 0 Å². The number of pyridine rings is 1. The molecule has 0 unspecified atom stereocenters. The standard InChI is InChI=1S/C24H21FN6O/c1-15-3-5-21(6-4-15)30-24-27-16(2)11-22(31-24)28-19-7-9-20(10-8-19)29-23(32)17-12-18(25)14-26-13-17/h3-14H,1-2H3,(H,29,32)(H2,27,28,30,31). The quantitative estimate of drug-likeness (QED) is 0.383. The number of carbonyl (C=O) groups is 1. The van der Waals surface area contributed by atoms with E-state index in [1.807, 2.05) is 56.3 Å². The average molecular weight is 428 g/mol. The molecule has 0 atom stereocenters. The lowest BCUT2D eigenvalue weighted by Gasteiger charge is -2.11. The molecular formula is C24H21FN6O. The van der Waals surface area contributed by atoms with Crippen molar-refractivity contribution in [1.82, 2.24) is 15.0 Å². The molecule has 0 fully saturated rings. The second-order valence-electron chi connectivity index (χ2n) is 7.26. The number of hydrogen-bond acceptors (Lipinski definition) is 6. The van der Waals surface area contributed by atoms with Gasteiger partial charge in [-0.15, -0.1) is 0 Å². The Kier molecular flexibility index (Phi) is 6.03. The Balaban J connectivity index is 1.43. The first-order valence-electron chi connectivity index (χ1n) is 9.93. The van der Waals surface area contributed by atoms with Gasteiger partial charge < -0.3 is 16.0 Å². The van der Waals surface area contributed by atoms with Gasteiger partial charge in [-0.25, -0.2) is 9.37 Å². The molecule has 2 heterocycles. The molecule has 4 rings (SSSR count). The van der Waals surface area contributed by atoms with Gasteiger partial charge in [0.2, 0.25) is 5.95 Å². The van der Waals surface area contributed by atoms with Crippen molar-refractivity contribution in [3.05, 3.63) is 95.7 Å². The van der Waals surface area contributed by atoms with Gasteiger partial charge in [0, 0.05) is 35.0 Å². The molecule has 2 aromatic heterocycles. The molecule has 32 heavy (non-hydrogen) atoms. The Bertz CT molecular complexity index is 1240. The van der Waals surface area contributed by atoms with Gasteiger partial charge in [-0.2, -0.15) is 4.98 Å². The van der Waals surface area contributed by atoms with Crippen LogP contribution in [0.15, 0.2) is 73.1 Å². The van der Waals surface area contributed by atoms with Crippen molar-refractivity contribution in [1.29, 1.82) is 0 Å². The Labute approximate surface area is 184 Å². The topological polar surface area (TPSA) is 91.8 Å². The van der Waals surface area contributed by atoms with Crippen molar-refractivity contribution >= 4 is 34.7 Å². The van der Waals surface area contributed by atoms with E-state index in [4.69, 9.17) is 0 Å². The van der Waals surface area contributed by atoms with Gasteiger partial charge in [0.05, 0.1) is 11.8 Å². The fraction of sp³-hybridized carbons (Fsp3) is 0.0833. The third kappa shape index (κ3) is 5.42. The summed E-state index contributed by atoms with van der Waals surface area (Å²) < 4.78 is 13.3. The van der Waals surface area contributed by atoms with Crippen molar-refractivity contribution in [2.75, 3.05) is 16.0 Å². The normalized spacial score (nSPS) is 10.5. The number of anilines is 5. The van der Waals surface area contributed by atoms with E-state index < -0.39 is 11.7 Å². The molecule has 0 aliphatic heterocycles. The Hall–Kier alpha value is -4.33. The molecule has 160 valence electrons. The SMILES string of the molecule is Cc1ccc(Nc2nc(C)cc(Nc3ccc(NC(=O)c4cncc(F)c4)cc3)n2)cc1. The highest BCUT2D eigenvalue weighted by molar-refractivity contribution is 6.04. The van der Waals surface area contributed by atoms with E-state index in [0.717, 1.165) is 29.3 Å². The fourth-order valence-corrected chi connectivity index (χ4v) is 2.98. The molecule has 0 aliphatic rings. The molecular weight excluding hydrogens is 407 g/mol. The van der Waals surface area contributed by atoms with Gasteiger partial charge in [-0.3, -0.25) is 9.78 Å². The summed E-state index contributed by atoms with van der Waals surface area (Å²) in [7, 11) is 0. The first kappa shape index (κ1) is 20.9. The van der Waals surface area contributed by atoms with Gasteiger partial charge in [0.25, 0.3) is 5.91 Å². The number of amides is 1. The summed E-state index contributed by atoms with van der Waals surface area (Å²) in [5.74, 6) is 0.128. The summed E-state index contributed by atoms with van der Waals surface area (Å²) in [6.45, 7) is 3.93. The number of carbonyl (C=O) groups excluding carboxylic acids is 1. The highest BCUT2D eigenvalue weighted by Gasteiger charge is 2.08. The van der Waals surface area contributed by atoms with Crippen LogP contribution >= 0.6 is 0 Å². The molecule has 0 saturated heterocycles. The van der Waals surface area contributed by atoms with Crippen LogP contribution in [0, 0.1) is 19.7 Å². The number of halogens is 1. The number of rotatable bonds is 6. The van der Waals surface area contributed by atoms with E-state index in [9.17, 15) is 9.18 Å². The van der Waals surface area contributed by atoms with Crippen molar-refractivity contribution in [2.45, 2.75) is 13.8 Å². The number of aromatic nitrogens is 3. The van der Waals surface area contributed by atoms with E-state index in [-0.39, 0.29) is 5.56 Å². The van der Waals surface area contributed by atoms with Crippen LogP contribution in [0.1, 0.15) is 21.6 Å². The molecule has 0 spiro atoms. The molecule has 0 radical (unpaired) electrons. The number of hydrogen-bond donors (Lipinski definition) is 3. The van der Waals surface area contributed by atoms with Crippen LogP contribution in [0.25, 0.3) is 0 Å². The summed E-state index contributed by atoms with van der Waals surface area (Å²) in [6, 6.07) is 18.1. The maximum atomic E-state index is 13.3. The zero-order valence-electron chi connectivity index (χ0n) is 17.6. The minimum absolute atomic E-state index is 0.150. The Morgan fingerprint density at radius 2 is 1.47 bits per heavy atom. The molecule has 4 aromatic rings. The van der Waals surface area contributed by atoms with Gasteiger partial charge >= 0.3 is 0 Å². The van der Waals surface area contributed by atoms with Crippen molar-refractivity contribution in [3.8, 4) is 0 Å². The maximum absolute atomic E-state index is 13.3. The lowest BCUT2D eigenvalue weighted by Crippen LogP contribution is -2.12. The summed E-state index contributed by atoms with van der Waals surface area (Å²) >= 11 is 0. The van der Waals surface area contributed by atoms with Crippen molar-refractivity contribution in [3.63, 3.8) is 0 Å². The number of benzene rings is 2. The smallest absolute Gasteiger partial charge is 0.257 e. The van der Waals surface area contributed by atoms with Crippen molar-refractivity contribution < 1.29 is 9.18 Å². The zero-order chi connectivity index (χ0) is 22.5. The Morgan fingerprint density at radius 3 is 2.19 bits per heavy atom. The third-order valence-electron chi connectivity index (χ3n) is 4.54. The maximum Gasteiger partial charge on any atom is 0.257 e. The molecule has 0 aliphatic carbocycles. The van der Waals surface area contributed by atoms with E-state index in [1.165, 1.54) is 11.8 Å². The molecule has 0 saturated carbocycles. The first-order chi connectivity index (χ1) is 15.4. The summed E-state index contributed by atoms with van der Waals surface area (Å²) in [4.78, 5) is 24.9. The summed E-state index contributed by atoms with van der Waals surface area (Å²) in [6.07, 6.45) is 2.36. The molecule has 3 N–H and O–H groups in total. The molecule has 8 heteroatoms. The van der Waals surface area contributed by atoms with E-state index >= 15 is 0 Å². The van der Waals surface area contributed by atoms with E-state index in [2.05, 4.69) is 30.9 Å². The van der Waals surface area contributed by atoms with Crippen LogP contribution in [-0.4, -0.2) is 20.9 Å². The van der Waals surface area contributed by atoms with E-state index in [0.29, 0.717) is 17.5 Å². The minimum Gasteiger partial charge on any atom is -0.340 e. The molecule has 7 nitrogen and oxygen atoms in total. The highest BCUT2D eigenvalue weighted by Crippen LogP contribution is 2.21. The Morgan fingerprint density at radius 1 is 0.812 bits per heavy atom. The van der Waals surface area contributed by atoms with Gasteiger partial charge in [-0.05, 0) is 56.3 Å². The number of nitrogens with one attached hydrogen (secondary N) is 3. The fourth-order valence-electron chi connectivity index (χ4n) is 2.98. The lowest BCUT2D eigenvalue weighted by atomic mass is 10.2. The van der Waals surface area contributed by atoms with E-state index in [1.54, 1.807) is 12.1 Å². The van der Waals surface area contributed by atoms with Crippen LogP contribution in [-0.2, 0) is 0 Å². The second kappa shape index (κ2) is 9.22. The molecule has 2 aromatic carbocycles. The van der Waals surface area contributed by atoms with Gasteiger partial charge in [0.1, 0.15) is 11.6 Å². The lowest BCUT2D eigenvalue weighted by molar-refractivity contribution is 0.102. The second-order valence-corrected chi connectivity index (χ2v) is 7.26. The largest absolute Gasteiger partial charge is 0.340 e. The predicted octanol–water partition coefficient (Wildman–Crippen LogP) is 5.37. The highest BCUT2D eigenvalue weighted by atomic mass is 19.1. The zero-order valence-corrected chi connectivity index (χ0v) is 17.6. The minimum atomic E-state index is -0.562. The van der Waals surface area contributed by atoms with Crippen LogP contribution < -0.4 is 16.0 Å². The summed E-state index contributed by atoms with van der Waals surface area (Å²) in [5, 5.41) is 9.16. The number of aryl methyl sites for hydroxylation is 2. The van der Waals surface area contributed by atoms with Crippen LogP contribution in [0.4, 0.5) is 33.2 Å². The van der Waals surface area contributed by atoms with Crippen LogP contribution in [0.2, 0.25) is 0 Å². The molecule has 0 bridgehead atoms. The molecule has 1 amide bonds. The first-order valence-corrected chi connectivity index (χ1v) is 9.93. The monoisotopic (exact) mass is 428 g/mol. The number of nitrogens with zero attached hydrogens (tertiary/aromatic N) is 3. The third-order valence-corrected chi connectivity index (χ3v) is 4.54. The van der Waals surface area contributed by atoms with Gasteiger partial charge in [-0.1, -0.05) is 17.7 Å². The average Bonchev–Trinajstić information content (AvgIpc) is 2.76. The van der Waals surface area contributed by atoms with Gasteiger partial charge in [0.15, 0.2) is 0 Å².